The van der Waals surface area contributed by atoms with Gasteiger partial charge in [-0.3, -0.25) is 37.3 Å². The van der Waals surface area contributed by atoms with Gasteiger partial charge in [0.2, 0.25) is 0 Å². The third-order valence-corrected chi connectivity index (χ3v) is 21.3. The molecule has 7 atom stereocenters. The third-order valence-electron chi connectivity index (χ3n) is 19.4. The van der Waals surface area contributed by atoms with Gasteiger partial charge in [-0.2, -0.15) is 0 Å². The molecule has 0 bridgehead atoms. The summed E-state index contributed by atoms with van der Waals surface area (Å²) >= 11 is 0. The van der Waals surface area contributed by atoms with Gasteiger partial charge in [-0.05, 0) is 37.5 Å². The molecule has 4 unspecified atom stereocenters. The van der Waals surface area contributed by atoms with Crippen molar-refractivity contribution in [2.75, 3.05) is 39.6 Å². The number of aliphatic hydroxyl groups excluding tert-OH is 1. The number of phosphoric acid groups is 2. The van der Waals surface area contributed by atoms with Crippen molar-refractivity contribution in [3.05, 3.63) is 0 Å². The zero-order valence-electron chi connectivity index (χ0n) is 64.8. The van der Waals surface area contributed by atoms with Crippen LogP contribution in [0.4, 0.5) is 0 Å². The Hall–Kier alpha value is -1.94. The maximum atomic E-state index is 13.1. The fourth-order valence-corrected chi connectivity index (χ4v) is 13.9. The normalized spacial score (nSPS) is 14.5. The zero-order valence-corrected chi connectivity index (χ0v) is 66.6. The molecule has 0 aliphatic carbocycles. The van der Waals surface area contributed by atoms with Gasteiger partial charge in [0.15, 0.2) is 12.2 Å². The first-order chi connectivity index (χ1) is 47.9. The largest absolute Gasteiger partial charge is 0.472 e. The molecule has 0 aliphatic rings. The second-order valence-corrected chi connectivity index (χ2v) is 32.2. The Labute approximate surface area is 607 Å². The van der Waals surface area contributed by atoms with Crippen molar-refractivity contribution in [1.29, 1.82) is 0 Å². The highest BCUT2D eigenvalue weighted by molar-refractivity contribution is 7.47. The Morgan fingerprint density at radius 1 is 0.283 bits per heavy atom. The first-order valence-electron chi connectivity index (χ1n) is 41.6. The highest BCUT2D eigenvalue weighted by Crippen LogP contribution is 2.45. The molecule has 0 saturated heterocycles. The maximum absolute atomic E-state index is 13.1. The number of carbonyl (C=O) groups is 4. The van der Waals surface area contributed by atoms with Gasteiger partial charge >= 0.3 is 39.5 Å². The average molecular weight is 1450 g/mol. The standard InChI is InChI=1S/C80H156O17P2/c1-7-11-13-15-17-19-21-23-24-25-26-27-29-31-40-46-52-58-64-79(84)96-75(69-91-78(83)63-57-51-45-39-34-32-36-42-48-54-60-72(5)9-3)70-94-98(86,87)92-66-74(81)67-93-99(88,89)95-71-76(68-90-77(82)62-56-50-44-38-30-28-22-20-18-16-14-12-8-2)97-80(85)65-59-53-47-41-35-33-37-43-49-55-61-73(6)10-4/h72-76,81H,7-71H2,1-6H3,(H,86,87)(H,88,89)/t72?,73?,74-,75-,76-/m1/s1. The van der Waals surface area contributed by atoms with Crippen molar-refractivity contribution in [3.8, 4) is 0 Å². The van der Waals surface area contributed by atoms with Gasteiger partial charge in [-0.15, -0.1) is 0 Å². The lowest BCUT2D eigenvalue weighted by Crippen LogP contribution is -2.30. The Balaban J connectivity index is 5.27. The second-order valence-electron chi connectivity index (χ2n) is 29.3. The summed E-state index contributed by atoms with van der Waals surface area (Å²) in [6.07, 6.45) is 60.8. The summed E-state index contributed by atoms with van der Waals surface area (Å²) < 4.78 is 68.7. The van der Waals surface area contributed by atoms with E-state index in [1.54, 1.807) is 0 Å². The first kappa shape index (κ1) is 97.1. The predicted octanol–water partition coefficient (Wildman–Crippen LogP) is 23.9. The van der Waals surface area contributed by atoms with Crippen molar-refractivity contribution < 1.29 is 80.2 Å². The van der Waals surface area contributed by atoms with Crippen LogP contribution in [0, 0.1) is 11.8 Å². The first-order valence-corrected chi connectivity index (χ1v) is 44.6. The van der Waals surface area contributed by atoms with E-state index in [0.29, 0.717) is 25.7 Å². The number of hydrogen-bond acceptors (Lipinski definition) is 15. The van der Waals surface area contributed by atoms with Gasteiger partial charge in [0.05, 0.1) is 26.4 Å². The molecule has 0 aromatic carbocycles. The maximum Gasteiger partial charge on any atom is 0.472 e. The van der Waals surface area contributed by atoms with Gasteiger partial charge in [0.25, 0.3) is 0 Å². The zero-order chi connectivity index (χ0) is 72.8. The molecule has 0 aromatic rings. The molecule has 0 amide bonds. The lowest BCUT2D eigenvalue weighted by Gasteiger charge is -2.21. The molecule has 0 aromatic heterocycles. The van der Waals surface area contributed by atoms with Gasteiger partial charge in [0.1, 0.15) is 19.3 Å². The molecule has 0 spiro atoms. The van der Waals surface area contributed by atoms with E-state index in [2.05, 4.69) is 41.5 Å². The smallest absolute Gasteiger partial charge is 0.462 e. The van der Waals surface area contributed by atoms with Crippen LogP contribution in [0.3, 0.4) is 0 Å². The van der Waals surface area contributed by atoms with Crippen LogP contribution in [-0.4, -0.2) is 96.7 Å². The summed E-state index contributed by atoms with van der Waals surface area (Å²) in [4.78, 5) is 73.0. The van der Waals surface area contributed by atoms with Crippen LogP contribution in [0.1, 0.15) is 420 Å². The number of phosphoric ester groups is 2. The average Bonchev–Trinajstić information content (AvgIpc) is 1.62. The van der Waals surface area contributed by atoms with Gasteiger partial charge in [-0.1, -0.05) is 369 Å². The molecular formula is C80H156O17P2. The van der Waals surface area contributed by atoms with Gasteiger partial charge in [-0.25, -0.2) is 9.13 Å². The molecule has 588 valence electrons. The van der Waals surface area contributed by atoms with Crippen molar-refractivity contribution in [1.82, 2.24) is 0 Å². The minimum absolute atomic E-state index is 0.107. The Morgan fingerprint density at radius 2 is 0.485 bits per heavy atom. The van der Waals surface area contributed by atoms with Crippen LogP contribution < -0.4 is 0 Å². The van der Waals surface area contributed by atoms with Crippen molar-refractivity contribution in [2.24, 2.45) is 11.8 Å². The number of rotatable bonds is 79. The summed E-state index contributed by atoms with van der Waals surface area (Å²) in [6.45, 7) is 9.69. The lowest BCUT2D eigenvalue weighted by molar-refractivity contribution is -0.161. The number of unbranched alkanes of at least 4 members (excludes halogenated alkanes) is 47. The van der Waals surface area contributed by atoms with Crippen LogP contribution in [-0.2, 0) is 65.4 Å². The molecule has 99 heavy (non-hydrogen) atoms. The van der Waals surface area contributed by atoms with E-state index in [0.717, 1.165) is 102 Å². The van der Waals surface area contributed by atoms with E-state index in [4.69, 9.17) is 37.0 Å². The molecule has 0 saturated carbocycles. The summed E-state index contributed by atoms with van der Waals surface area (Å²) in [5, 5.41) is 10.6. The van der Waals surface area contributed by atoms with Gasteiger partial charge in [0, 0.05) is 25.7 Å². The molecule has 3 N–H and O–H groups in total. The number of esters is 4. The summed E-state index contributed by atoms with van der Waals surface area (Å²) in [5.74, 6) is -0.495. The second kappa shape index (κ2) is 71.7. The minimum Gasteiger partial charge on any atom is -0.462 e. The summed E-state index contributed by atoms with van der Waals surface area (Å²) in [5.41, 5.74) is 0. The highest BCUT2D eigenvalue weighted by Gasteiger charge is 2.30. The lowest BCUT2D eigenvalue weighted by atomic mass is 9.99. The fraction of sp³-hybridized carbons (Fsp3) is 0.950. The summed E-state index contributed by atoms with van der Waals surface area (Å²) in [6, 6.07) is 0. The van der Waals surface area contributed by atoms with Crippen LogP contribution in [0.5, 0.6) is 0 Å². The number of hydrogen-bond donors (Lipinski definition) is 3. The van der Waals surface area contributed by atoms with E-state index in [1.165, 1.54) is 238 Å². The number of carbonyl (C=O) groups excluding carboxylic acids is 4. The molecule has 0 fully saturated rings. The van der Waals surface area contributed by atoms with Crippen molar-refractivity contribution >= 4 is 39.5 Å². The number of aliphatic hydroxyl groups is 1. The Kier molecular flexibility index (Phi) is 70.3. The fourth-order valence-electron chi connectivity index (χ4n) is 12.3. The Morgan fingerprint density at radius 3 is 0.717 bits per heavy atom. The SMILES string of the molecule is CCCCCCCCCCCCCCCCCCCCC(=O)O[C@H](COC(=O)CCCCCCCCCCCCC(C)CC)COP(=O)(O)OC[C@@H](O)COP(=O)(O)OC[C@@H](COC(=O)CCCCCCCCCCCCCCC)OC(=O)CCCCCCCCCCCCC(C)CC. The molecule has 0 aliphatic heterocycles. The number of ether oxygens (including phenoxy) is 4. The molecule has 0 heterocycles. The molecule has 17 nitrogen and oxygen atoms in total. The van der Waals surface area contributed by atoms with E-state index >= 15 is 0 Å². The molecular weight excluding hydrogens is 1290 g/mol. The topological polar surface area (TPSA) is 237 Å². The van der Waals surface area contributed by atoms with Crippen molar-refractivity contribution in [3.63, 3.8) is 0 Å². The van der Waals surface area contributed by atoms with Crippen LogP contribution in [0.25, 0.3) is 0 Å². The van der Waals surface area contributed by atoms with E-state index in [-0.39, 0.29) is 25.7 Å². The van der Waals surface area contributed by atoms with Crippen LogP contribution in [0.15, 0.2) is 0 Å². The van der Waals surface area contributed by atoms with E-state index in [9.17, 15) is 43.2 Å². The van der Waals surface area contributed by atoms with E-state index in [1.807, 2.05) is 0 Å². The quantitative estimate of drug-likeness (QED) is 0.0222. The molecule has 0 rings (SSSR count). The molecule has 19 heteroatoms. The highest BCUT2D eigenvalue weighted by atomic mass is 31.2. The van der Waals surface area contributed by atoms with Crippen LogP contribution >= 0.6 is 15.6 Å². The van der Waals surface area contributed by atoms with Crippen LogP contribution in [0.2, 0.25) is 0 Å². The predicted molar refractivity (Wildman–Crippen MR) is 405 cm³/mol. The third kappa shape index (κ3) is 71.5. The van der Waals surface area contributed by atoms with Gasteiger partial charge < -0.3 is 33.8 Å². The monoisotopic (exact) mass is 1450 g/mol. The molecule has 0 radical (unpaired) electrons. The van der Waals surface area contributed by atoms with Crippen molar-refractivity contribution in [2.45, 2.75) is 439 Å². The van der Waals surface area contributed by atoms with E-state index < -0.39 is 97.5 Å². The summed E-state index contributed by atoms with van der Waals surface area (Å²) in [7, 11) is -9.92. The minimum atomic E-state index is -4.96. The Bertz CT molecular complexity index is 1910.